The molecule has 128 valence electrons. The smallest absolute Gasteiger partial charge is 0.169 e. The number of hydrogen-bond acceptors (Lipinski definition) is 5. The van der Waals surface area contributed by atoms with Gasteiger partial charge in [0.25, 0.3) is 0 Å². The Kier molecular flexibility index (Phi) is 5.59. The molecule has 1 heterocycles. The molecule has 1 unspecified atom stereocenters. The van der Waals surface area contributed by atoms with Crippen molar-refractivity contribution < 1.29 is 9.47 Å². The Labute approximate surface area is 147 Å². The van der Waals surface area contributed by atoms with E-state index in [1.54, 1.807) is 25.7 Å². The summed E-state index contributed by atoms with van der Waals surface area (Å²) >= 11 is 0. The van der Waals surface area contributed by atoms with Crippen molar-refractivity contribution >= 4 is 0 Å². The molecule has 0 aliphatic heterocycles. The summed E-state index contributed by atoms with van der Waals surface area (Å²) in [6.45, 7) is 2.82. The predicted octanol–water partition coefficient (Wildman–Crippen LogP) is 4.13. The Morgan fingerprint density at radius 2 is 1.76 bits per heavy atom. The lowest BCUT2D eigenvalue weighted by molar-refractivity contribution is 0.379. The Bertz CT molecular complexity index is 792. The fourth-order valence-corrected chi connectivity index (χ4v) is 2.42. The Morgan fingerprint density at radius 3 is 2.44 bits per heavy atom. The van der Waals surface area contributed by atoms with E-state index < -0.39 is 0 Å². The lowest BCUT2D eigenvalue weighted by Crippen LogP contribution is -2.19. The number of ether oxygens (including phenoxy) is 2. The maximum atomic E-state index is 5.89. The van der Waals surface area contributed by atoms with Crippen molar-refractivity contribution in [3.05, 3.63) is 78.4 Å². The summed E-state index contributed by atoms with van der Waals surface area (Å²) in [4.78, 5) is 8.41. The second kappa shape index (κ2) is 8.26. The Morgan fingerprint density at radius 1 is 1.00 bits per heavy atom. The van der Waals surface area contributed by atoms with E-state index in [-0.39, 0.29) is 6.04 Å². The van der Waals surface area contributed by atoms with E-state index in [1.165, 1.54) is 5.56 Å². The van der Waals surface area contributed by atoms with Crippen molar-refractivity contribution in [2.24, 2.45) is 0 Å². The molecule has 3 rings (SSSR count). The normalized spacial score (nSPS) is 11.8. The summed E-state index contributed by atoms with van der Waals surface area (Å²) in [5, 5.41) is 3.44. The molecule has 0 fully saturated rings. The average molecular weight is 335 g/mol. The fourth-order valence-electron chi connectivity index (χ4n) is 2.42. The van der Waals surface area contributed by atoms with E-state index in [1.807, 2.05) is 48.5 Å². The number of para-hydroxylation sites is 2. The monoisotopic (exact) mass is 335 g/mol. The molecule has 0 amide bonds. The number of nitrogens with one attached hydrogen (secondary N) is 1. The summed E-state index contributed by atoms with van der Waals surface area (Å²) < 4.78 is 11.2. The summed E-state index contributed by atoms with van der Waals surface area (Å²) in [6.07, 6.45) is 5.16. The van der Waals surface area contributed by atoms with Gasteiger partial charge in [-0.05, 0) is 36.8 Å². The van der Waals surface area contributed by atoms with Gasteiger partial charge >= 0.3 is 0 Å². The van der Waals surface area contributed by atoms with Gasteiger partial charge in [-0.3, -0.25) is 9.97 Å². The van der Waals surface area contributed by atoms with Gasteiger partial charge in [-0.25, -0.2) is 0 Å². The first kappa shape index (κ1) is 16.9. The molecule has 0 radical (unpaired) electrons. The second-order valence-electron chi connectivity index (χ2n) is 5.63. The van der Waals surface area contributed by atoms with Crippen LogP contribution in [0.2, 0.25) is 0 Å². The quantitative estimate of drug-likeness (QED) is 0.703. The highest BCUT2D eigenvalue weighted by Gasteiger charge is 2.07. The fraction of sp³-hybridized carbons (Fsp3) is 0.200. The van der Waals surface area contributed by atoms with E-state index >= 15 is 0 Å². The molecule has 0 saturated carbocycles. The molecule has 0 aliphatic rings. The van der Waals surface area contributed by atoms with Crippen LogP contribution in [0.5, 0.6) is 17.2 Å². The third kappa shape index (κ3) is 4.55. The van der Waals surface area contributed by atoms with Gasteiger partial charge < -0.3 is 14.8 Å². The van der Waals surface area contributed by atoms with E-state index in [9.17, 15) is 0 Å². The summed E-state index contributed by atoms with van der Waals surface area (Å²) in [5.74, 6) is 2.19. The number of methoxy groups -OCH3 is 1. The minimum absolute atomic E-state index is 0.137. The Hall–Kier alpha value is -2.92. The topological polar surface area (TPSA) is 56.3 Å². The summed E-state index contributed by atoms with van der Waals surface area (Å²) in [7, 11) is 1.63. The molecule has 0 spiro atoms. The molecule has 0 bridgehead atoms. The van der Waals surface area contributed by atoms with Crippen molar-refractivity contribution in [1.29, 1.82) is 0 Å². The highest BCUT2D eigenvalue weighted by molar-refractivity contribution is 5.43. The van der Waals surface area contributed by atoms with E-state index in [0.29, 0.717) is 11.5 Å². The number of benzene rings is 2. The van der Waals surface area contributed by atoms with Gasteiger partial charge in [0.15, 0.2) is 11.5 Å². The van der Waals surface area contributed by atoms with Crippen LogP contribution in [0.15, 0.2) is 67.1 Å². The van der Waals surface area contributed by atoms with E-state index in [2.05, 4.69) is 22.2 Å². The third-order valence-corrected chi connectivity index (χ3v) is 3.86. The molecule has 0 saturated heterocycles. The van der Waals surface area contributed by atoms with Crippen LogP contribution in [0.3, 0.4) is 0 Å². The molecule has 1 aromatic heterocycles. The van der Waals surface area contributed by atoms with Crippen molar-refractivity contribution in [3.8, 4) is 17.2 Å². The van der Waals surface area contributed by atoms with E-state index in [4.69, 9.17) is 9.47 Å². The molecule has 25 heavy (non-hydrogen) atoms. The number of aromatic nitrogens is 2. The zero-order chi connectivity index (χ0) is 17.5. The summed E-state index contributed by atoms with van der Waals surface area (Å²) in [6, 6.07) is 15.7. The van der Waals surface area contributed by atoms with Crippen molar-refractivity contribution in [2.45, 2.75) is 19.5 Å². The maximum Gasteiger partial charge on any atom is 0.169 e. The van der Waals surface area contributed by atoms with Crippen LogP contribution in [0, 0.1) is 0 Å². The SMILES string of the molecule is COc1ccccc1Oc1ccc(CNC(C)c2cnccn2)cc1. The lowest BCUT2D eigenvalue weighted by atomic mass is 10.2. The number of nitrogens with zero attached hydrogens (tertiary/aromatic N) is 2. The van der Waals surface area contributed by atoms with Crippen LogP contribution >= 0.6 is 0 Å². The van der Waals surface area contributed by atoms with E-state index in [0.717, 1.165) is 18.0 Å². The van der Waals surface area contributed by atoms with Crippen molar-refractivity contribution in [2.75, 3.05) is 7.11 Å². The van der Waals surface area contributed by atoms with Crippen LogP contribution < -0.4 is 14.8 Å². The van der Waals surface area contributed by atoms with Crippen LogP contribution in [-0.2, 0) is 6.54 Å². The molecular formula is C20H21N3O2. The average Bonchev–Trinajstić information content (AvgIpc) is 2.68. The first-order chi connectivity index (χ1) is 12.3. The van der Waals surface area contributed by atoms with Crippen LogP contribution in [-0.4, -0.2) is 17.1 Å². The van der Waals surface area contributed by atoms with Crippen LogP contribution in [0.1, 0.15) is 24.2 Å². The molecule has 2 aromatic carbocycles. The maximum absolute atomic E-state index is 5.89. The molecule has 0 aliphatic carbocycles. The molecule has 5 heteroatoms. The molecule has 1 N–H and O–H groups in total. The van der Waals surface area contributed by atoms with Gasteiger partial charge in [0.1, 0.15) is 5.75 Å². The highest BCUT2D eigenvalue weighted by atomic mass is 16.5. The Balaban J connectivity index is 1.59. The first-order valence-corrected chi connectivity index (χ1v) is 8.15. The zero-order valence-electron chi connectivity index (χ0n) is 14.3. The minimum atomic E-state index is 0.137. The van der Waals surface area contributed by atoms with Gasteiger partial charge in [0.2, 0.25) is 0 Å². The third-order valence-electron chi connectivity index (χ3n) is 3.86. The lowest BCUT2D eigenvalue weighted by Gasteiger charge is -2.13. The van der Waals surface area contributed by atoms with Crippen LogP contribution in [0.25, 0.3) is 0 Å². The first-order valence-electron chi connectivity index (χ1n) is 8.15. The molecule has 5 nitrogen and oxygen atoms in total. The van der Waals surface area contributed by atoms with Crippen molar-refractivity contribution in [1.82, 2.24) is 15.3 Å². The second-order valence-corrected chi connectivity index (χ2v) is 5.63. The van der Waals surface area contributed by atoms with Gasteiger partial charge in [-0.1, -0.05) is 24.3 Å². The number of rotatable bonds is 7. The van der Waals surface area contributed by atoms with Crippen molar-refractivity contribution in [3.63, 3.8) is 0 Å². The minimum Gasteiger partial charge on any atom is -0.493 e. The largest absolute Gasteiger partial charge is 0.493 e. The van der Waals surface area contributed by atoms with Gasteiger partial charge in [0, 0.05) is 31.2 Å². The molecule has 3 aromatic rings. The van der Waals surface area contributed by atoms with Gasteiger partial charge in [0.05, 0.1) is 12.8 Å². The van der Waals surface area contributed by atoms with Crippen LogP contribution in [0.4, 0.5) is 0 Å². The standard InChI is InChI=1S/C20H21N3O2/c1-15(18-14-21-11-12-22-18)23-13-16-7-9-17(10-8-16)25-20-6-4-3-5-19(20)24-2/h3-12,14-15,23H,13H2,1-2H3. The molecule has 1 atom stereocenters. The highest BCUT2D eigenvalue weighted by Crippen LogP contribution is 2.30. The van der Waals surface area contributed by atoms with Gasteiger partial charge in [-0.2, -0.15) is 0 Å². The summed E-state index contributed by atoms with van der Waals surface area (Å²) in [5.41, 5.74) is 2.10. The number of hydrogen-bond donors (Lipinski definition) is 1. The predicted molar refractivity (Wildman–Crippen MR) is 96.8 cm³/mol. The zero-order valence-corrected chi connectivity index (χ0v) is 14.3. The van der Waals surface area contributed by atoms with Gasteiger partial charge in [-0.15, -0.1) is 0 Å². The molecular weight excluding hydrogens is 314 g/mol.